The van der Waals surface area contributed by atoms with Crippen molar-refractivity contribution in [2.45, 2.75) is 57.6 Å². The lowest BCUT2D eigenvalue weighted by Crippen LogP contribution is -2.63. The molecule has 1 aliphatic heterocycles. The molecule has 0 aromatic heterocycles. The highest BCUT2D eigenvalue weighted by molar-refractivity contribution is 5.80. The maximum atomic E-state index is 14.1. The molecule has 0 aromatic carbocycles. The van der Waals surface area contributed by atoms with Crippen molar-refractivity contribution in [2.75, 3.05) is 13.2 Å². The molecular weight excluding hydrogens is 359 g/mol. The van der Waals surface area contributed by atoms with E-state index in [9.17, 15) is 36.6 Å². The molecule has 0 spiro atoms. The van der Waals surface area contributed by atoms with Gasteiger partial charge in [-0.3, -0.25) is 4.79 Å². The van der Waals surface area contributed by atoms with Crippen LogP contribution in [0.3, 0.4) is 0 Å². The van der Waals surface area contributed by atoms with Crippen LogP contribution in [0.4, 0.5) is 22.0 Å². The van der Waals surface area contributed by atoms with Gasteiger partial charge < -0.3 is 19.3 Å². The summed E-state index contributed by atoms with van der Waals surface area (Å²) in [4.78, 5) is 23.3. The zero-order valence-corrected chi connectivity index (χ0v) is 14.0. The molecule has 0 saturated carbocycles. The largest absolute Gasteiger partial charge is 0.453 e. The van der Waals surface area contributed by atoms with Gasteiger partial charge in [-0.25, -0.2) is 4.79 Å². The van der Waals surface area contributed by atoms with Gasteiger partial charge in [-0.1, -0.05) is 6.92 Å². The van der Waals surface area contributed by atoms with Crippen molar-refractivity contribution in [2.24, 2.45) is 5.41 Å². The van der Waals surface area contributed by atoms with Gasteiger partial charge in [0, 0.05) is 0 Å². The molecule has 1 saturated heterocycles. The molecule has 11 heteroatoms. The third kappa shape index (κ3) is 3.57. The maximum absolute atomic E-state index is 14.1. The van der Waals surface area contributed by atoms with Crippen LogP contribution in [-0.2, 0) is 23.8 Å². The van der Waals surface area contributed by atoms with Crippen LogP contribution < -0.4 is 0 Å². The summed E-state index contributed by atoms with van der Waals surface area (Å²) >= 11 is 0. The summed E-state index contributed by atoms with van der Waals surface area (Å²) in [5.41, 5.74) is -4.04. The zero-order chi connectivity index (χ0) is 19.9. The second-order valence-electron chi connectivity index (χ2n) is 6.52. The first-order valence-corrected chi connectivity index (χ1v) is 7.24. The van der Waals surface area contributed by atoms with Gasteiger partial charge in [-0.2, -0.15) is 22.0 Å². The first kappa shape index (κ1) is 21.6. The average Bonchev–Trinajstić information content (AvgIpc) is 2.65. The van der Waals surface area contributed by atoms with E-state index in [-0.39, 0.29) is 0 Å². The molecule has 1 N–H and O–H groups in total. The monoisotopic (exact) mass is 378 g/mol. The van der Waals surface area contributed by atoms with Crippen LogP contribution in [0.2, 0.25) is 0 Å². The summed E-state index contributed by atoms with van der Waals surface area (Å²) in [6, 6.07) is 0. The molecule has 0 radical (unpaired) electrons. The Morgan fingerprint density at radius 3 is 2.16 bits per heavy atom. The van der Waals surface area contributed by atoms with Crippen LogP contribution in [0.5, 0.6) is 0 Å². The number of hydrogen-bond acceptors (Lipinski definition) is 6. The lowest BCUT2D eigenvalue weighted by Gasteiger charge is -2.35. The van der Waals surface area contributed by atoms with E-state index >= 15 is 0 Å². The van der Waals surface area contributed by atoms with Gasteiger partial charge in [0.1, 0.15) is 0 Å². The van der Waals surface area contributed by atoms with E-state index in [0.717, 1.165) is 0 Å². The minimum atomic E-state index is -5.82. The van der Waals surface area contributed by atoms with Gasteiger partial charge in [0.2, 0.25) is 5.60 Å². The Kier molecular flexibility index (Phi) is 5.47. The molecule has 1 rings (SSSR count). The summed E-state index contributed by atoms with van der Waals surface area (Å²) in [5, 5.41) is 9.19. The van der Waals surface area contributed by atoms with Gasteiger partial charge in [-0.15, -0.1) is 0 Å². The topological polar surface area (TPSA) is 82.1 Å². The fourth-order valence-corrected chi connectivity index (χ4v) is 1.88. The summed E-state index contributed by atoms with van der Waals surface area (Å²) in [5.74, 6) is -12.1. The van der Waals surface area contributed by atoms with E-state index in [0.29, 0.717) is 13.3 Å². The quantitative estimate of drug-likeness (QED) is 0.583. The lowest BCUT2D eigenvalue weighted by molar-refractivity contribution is -0.409. The predicted molar refractivity (Wildman–Crippen MR) is 71.4 cm³/mol. The minimum Gasteiger partial charge on any atom is -0.453 e. The van der Waals surface area contributed by atoms with Crippen molar-refractivity contribution in [1.29, 1.82) is 0 Å². The van der Waals surface area contributed by atoms with Crippen molar-refractivity contribution >= 4 is 11.9 Å². The zero-order valence-electron chi connectivity index (χ0n) is 14.0. The fraction of sp³-hybridized carbons (Fsp3) is 0.857. The average molecular weight is 378 g/mol. The highest BCUT2D eigenvalue weighted by Crippen LogP contribution is 2.54. The summed E-state index contributed by atoms with van der Waals surface area (Å²) in [7, 11) is 0. The standard InChI is InChI=1S/C14H19F5O6/c1-5-10(2,3)9(21)23-6-8(20)25-11(4)7-24-13(22,12(11,15)16)14(17,18)19/h22H,5-7H2,1-4H3. The van der Waals surface area contributed by atoms with Crippen LogP contribution >= 0.6 is 0 Å². The van der Waals surface area contributed by atoms with Gasteiger partial charge in [-0.05, 0) is 27.2 Å². The molecule has 2 unspecified atom stereocenters. The summed E-state index contributed by atoms with van der Waals surface area (Å²) < 4.78 is 79.0. The molecule has 0 bridgehead atoms. The predicted octanol–water partition coefficient (Wildman–Crippen LogP) is 2.18. The van der Waals surface area contributed by atoms with E-state index in [1.807, 2.05) is 0 Å². The second-order valence-corrected chi connectivity index (χ2v) is 6.52. The van der Waals surface area contributed by atoms with Crippen LogP contribution in [0.25, 0.3) is 0 Å². The van der Waals surface area contributed by atoms with E-state index < -0.39 is 54.1 Å². The third-order valence-electron chi connectivity index (χ3n) is 4.13. The van der Waals surface area contributed by atoms with Crippen LogP contribution in [0, 0.1) is 5.41 Å². The first-order valence-electron chi connectivity index (χ1n) is 7.24. The van der Waals surface area contributed by atoms with Crippen molar-refractivity contribution < 1.29 is 50.9 Å². The molecule has 0 aromatic rings. The Morgan fingerprint density at radius 2 is 1.76 bits per heavy atom. The van der Waals surface area contributed by atoms with Crippen molar-refractivity contribution in [3.63, 3.8) is 0 Å². The fourth-order valence-electron chi connectivity index (χ4n) is 1.88. The van der Waals surface area contributed by atoms with Gasteiger partial charge >= 0.3 is 29.8 Å². The molecule has 146 valence electrons. The maximum Gasteiger partial charge on any atom is 0.449 e. The number of rotatable bonds is 5. The summed E-state index contributed by atoms with van der Waals surface area (Å²) in [6.07, 6.45) is -5.46. The van der Waals surface area contributed by atoms with Gasteiger partial charge in [0.25, 0.3) is 0 Å². The number of esters is 2. The molecule has 25 heavy (non-hydrogen) atoms. The number of carbonyl (C=O) groups excluding carboxylic acids is 2. The smallest absolute Gasteiger partial charge is 0.449 e. The van der Waals surface area contributed by atoms with E-state index in [4.69, 9.17) is 0 Å². The molecule has 1 aliphatic rings. The first-order chi connectivity index (χ1) is 11.0. The van der Waals surface area contributed by atoms with Crippen molar-refractivity contribution in [1.82, 2.24) is 0 Å². The Hall–Kier alpha value is -1.49. The van der Waals surface area contributed by atoms with Crippen molar-refractivity contribution in [3.8, 4) is 0 Å². The Balaban J connectivity index is 2.83. The number of aliphatic hydroxyl groups is 1. The Bertz CT molecular complexity index is 546. The number of hydrogen-bond donors (Lipinski definition) is 1. The SMILES string of the molecule is CCC(C)(C)C(=O)OCC(=O)OC1(C)COC(O)(C(F)(F)F)C1(F)F. The molecule has 0 aliphatic carbocycles. The van der Waals surface area contributed by atoms with E-state index in [2.05, 4.69) is 14.2 Å². The molecule has 1 heterocycles. The van der Waals surface area contributed by atoms with Crippen LogP contribution in [0.1, 0.15) is 34.1 Å². The normalized spacial score (nSPS) is 29.4. The lowest BCUT2D eigenvalue weighted by atomic mass is 9.91. The van der Waals surface area contributed by atoms with Gasteiger partial charge in [0.15, 0.2) is 6.61 Å². The number of alkyl halides is 5. The Morgan fingerprint density at radius 1 is 1.24 bits per heavy atom. The van der Waals surface area contributed by atoms with Crippen LogP contribution in [-0.4, -0.2) is 53.7 Å². The minimum absolute atomic E-state index is 0.364. The van der Waals surface area contributed by atoms with Gasteiger partial charge in [0.05, 0.1) is 12.0 Å². The number of ether oxygens (including phenoxy) is 3. The Labute approximate surface area is 140 Å². The molecule has 1 fully saturated rings. The molecule has 2 atom stereocenters. The van der Waals surface area contributed by atoms with E-state index in [1.165, 1.54) is 13.8 Å². The van der Waals surface area contributed by atoms with Crippen molar-refractivity contribution in [3.05, 3.63) is 0 Å². The summed E-state index contributed by atoms with van der Waals surface area (Å²) in [6.45, 7) is 2.71. The van der Waals surface area contributed by atoms with E-state index in [1.54, 1.807) is 6.92 Å². The highest BCUT2D eigenvalue weighted by Gasteiger charge is 2.82. The molecular formula is C14H19F5O6. The highest BCUT2D eigenvalue weighted by atomic mass is 19.4. The number of carbonyl (C=O) groups is 2. The molecule has 6 nitrogen and oxygen atoms in total. The van der Waals surface area contributed by atoms with Crippen LogP contribution in [0.15, 0.2) is 0 Å². The molecule has 0 amide bonds. The second kappa shape index (κ2) is 6.35. The number of halogens is 5. The third-order valence-corrected chi connectivity index (χ3v) is 4.13.